The molecule has 0 spiro atoms. The van der Waals surface area contributed by atoms with Crippen molar-refractivity contribution < 1.29 is 10.1 Å². The van der Waals surface area contributed by atoms with Crippen LogP contribution in [0, 0.1) is 6.92 Å². The van der Waals surface area contributed by atoms with Gasteiger partial charge in [0, 0.05) is 11.6 Å². The lowest BCUT2D eigenvalue weighted by molar-refractivity contribution is -0.704. The standard InChI is InChI=1S/C21H28N2OS/c1-15-10-12-17(13-11-15)20(19-9-6-14-25-19)22-16(2)21(24)23-18-7-4-3-5-8-18/h6,9-14,16,18,20,22H,3-5,7-8H2,1-2H3,(H,23,24)/p+1/t16-,20-/m0/s1. The minimum atomic E-state index is -0.102. The molecule has 2 atom stereocenters. The van der Waals surface area contributed by atoms with Gasteiger partial charge in [-0.1, -0.05) is 55.2 Å². The van der Waals surface area contributed by atoms with E-state index in [1.54, 1.807) is 11.3 Å². The van der Waals surface area contributed by atoms with Crippen molar-refractivity contribution in [1.82, 2.24) is 5.32 Å². The van der Waals surface area contributed by atoms with Crippen molar-refractivity contribution in [2.45, 2.75) is 64.1 Å². The molecule has 0 saturated heterocycles. The zero-order valence-corrected chi connectivity index (χ0v) is 16.0. The third kappa shape index (κ3) is 4.93. The first kappa shape index (κ1) is 18.2. The molecule has 2 aromatic rings. The molecule has 25 heavy (non-hydrogen) atoms. The maximum Gasteiger partial charge on any atom is 0.278 e. The number of carbonyl (C=O) groups excluding carboxylic acids is 1. The number of carbonyl (C=O) groups is 1. The molecule has 1 saturated carbocycles. The zero-order valence-electron chi connectivity index (χ0n) is 15.2. The van der Waals surface area contributed by atoms with E-state index in [1.807, 2.05) is 6.92 Å². The molecule has 0 unspecified atom stereocenters. The maximum absolute atomic E-state index is 12.7. The van der Waals surface area contributed by atoms with Crippen molar-refractivity contribution in [2.24, 2.45) is 0 Å². The van der Waals surface area contributed by atoms with Crippen LogP contribution in [0.1, 0.15) is 61.1 Å². The summed E-state index contributed by atoms with van der Waals surface area (Å²) in [7, 11) is 0. The van der Waals surface area contributed by atoms with Gasteiger partial charge in [0.2, 0.25) is 0 Å². The second-order valence-corrected chi connectivity index (χ2v) is 8.21. The molecule has 3 N–H and O–H groups in total. The van der Waals surface area contributed by atoms with Crippen LogP contribution >= 0.6 is 11.3 Å². The Labute approximate surface area is 154 Å². The van der Waals surface area contributed by atoms with E-state index in [2.05, 4.69) is 59.3 Å². The Bertz CT molecular complexity index is 660. The van der Waals surface area contributed by atoms with Crippen LogP contribution in [0.15, 0.2) is 41.8 Å². The predicted octanol–water partition coefficient (Wildman–Crippen LogP) is 3.55. The summed E-state index contributed by atoms with van der Waals surface area (Å²) >= 11 is 1.76. The summed E-state index contributed by atoms with van der Waals surface area (Å²) in [6.07, 6.45) is 6.05. The number of nitrogens with one attached hydrogen (secondary N) is 1. The topological polar surface area (TPSA) is 45.7 Å². The first-order valence-corrected chi connectivity index (χ1v) is 10.3. The molecule has 3 rings (SSSR count). The van der Waals surface area contributed by atoms with Gasteiger partial charge in [0.25, 0.3) is 5.91 Å². The van der Waals surface area contributed by atoms with E-state index in [4.69, 9.17) is 0 Å². The molecule has 1 aliphatic rings. The van der Waals surface area contributed by atoms with Crippen LogP contribution < -0.4 is 10.6 Å². The second-order valence-electron chi connectivity index (χ2n) is 7.23. The second kappa shape index (κ2) is 8.63. The summed E-state index contributed by atoms with van der Waals surface area (Å²) in [5.41, 5.74) is 2.52. The van der Waals surface area contributed by atoms with Crippen molar-refractivity contribution in [3.05, 3.63) is 57.8 Å². The summed E-state index contributed by atoms with van der Waals surface area (Å²) in [6.45, 7) is 4.13. The average Bonchev–Trinajstić information content (AvgIpc) is 3.15. The highest BCUT2D eigenvalue weighted by Gasteiger charge is 2.27. The van der Waals surface area contributed by atoms with Crippen molar-refractivity contribution in [1.29, 1.82) is 0 Å². The monoisotopic (exact) mass is 357 g/mol. The lowest BCUT2D eigenvalue weighted by Crippen LogP contribution is -2.92. The number of hydrogen-bond acceptors (Lipinski definition) is 2. The molecular formula is C21H29N2OS+. The average molecular weight is 358 g/mol. The molecule has 0 bridgehead atoms. The molecule has 1 heterocycles. The highest BCUT2D eigenvalue weighted by Crippen LogP contribution is 2.23. The van der Waals surface area contributed by atoms with Crippen molar-refractivity contribution >= 4 is 17.2 Å². The van der Waals surface area contributed by atoms with E-state index in [0.717, 1.165) is 12.8 Å². The third-order valence-electron chi connectivity index (χ3n) is 5.13. The Hall–Kier alpha value is -1.65. The van der Waals surface area contributed by atoms with Gasteiger partial charge in [-0.3, -0.25) is 4.79 Å². The Balaban J connectivity index is 1.69. The SMILES string of the molecule is Cc1ccc([C@H]([NH2+][C@@H](C)C(=O)NC2CCCCC2)c2cccs2)cc1. The number of thiophene rings is 1. The molecule has 1 aromatic heterocycles. The van der Waals surface area contributed by atoms with E-state index < -0.39 is 0 Å². The Kier molecular flexibility index (Phi) is 6.27. The van der Waals surface area contributed by atoms with Crippen LogP contribution in [-0.2, 0) is 4.79 Å². The number of amides is 1. The fraction of sp³-hybridized carbons (Fsp3) is 0.476. The lowest BCUT2D eigenvalue weighted by atomic mass is 9.95. The summed E-state index contributed by atoms with van der Waals surface area (Å²) in [5, 5.41) is 7.57. The Morgan fingerprint density at radius 1 is 1.16 bits per heavy atom. The van der Waals surface area contributed by atoms with E-state index in [-0.39, 0.29) is 18.0 Å². The van der Waals surface area contributed by atoms with Gasteiger partial charge in [-0.05, 0) is 38.1 Å². The quantitative estimate of drug-likeness (QED) is 0.816. The van der Waals surface area contributed by atoms with Crippen LogP contribution in [0.4, 0.5) is 0 Å². The minimum Gasteiger partial charge on any atom is -0.348 e. The van der Waals surface area contributed by atoms with Crippen LogP contribution in [-0.4, -0.2) is 18.0 Å². The highest BCUT2D eigenvalue weighted by molar-refractivity contribution is 7.10. The number of nitrogens with two attached hydrogens (primary N) is 1. The fourth-order valence-electron chi connectivity index (χ4n) is 3.57. The lowest BCUT2D eigenvalue weighted by Gasteiger charge is -2.25. The van der Waals surface area contributed by atoms with Crippen LogP contribution in [0.2, 0.25) is 0 Å². The van der Waals surface area contributed by atoms with E-state index >= 15 is 0 Å². The summed E-state index contributed by atoms with van der Waals surface area (Å²) in [4.78, 5) is 14.0. The normalized spacial score (nSPS) is 17.8. The number of aryl methyl sites for hydroxylation is 1. The number of rotatable bonds is 6. The van der Waals surface area contributed by atoms with Gasteiger partial charge in [0.05, 0.1) is 4.88 Å². The predicted molar refractivity (Wildman–Crippen MR) is 104 cm³/mol. The molecule has 1 aromatic carbocycles. The Morgan fingerprint density at radius 3 is 2.52 bits per heavy atom. The fourth-order valence-corrected chi connectivity index (χ4v) is 4.40. The van der Waals surface area contributed by atoms with Crippen LogP contribution in [0.5, 0.6) is 0 Å². The molecule has 1 aliphatic carbocycles. The molecule has 0 aliphatic heterocycles. The first-order valence-electron chi connectivity index (χ1n) is 9.39. The molecule has 1 amide bonds. The van der Waals surface area contributed by atoms with Crippen LogP contribution in [0.25, 0.3) is 0 Å². The summed E-state index contributed by atoms with van der Waals surface area (Å²) in [5.74, 6) is 0.167. The zero-order chi connectivity index (χ0) is 17.6. The molecule has 1 fully saturated rings. The third-order valence-corrected chi connectivity index (χ3v) is 6.09. The molecule has 0 radical (unpaired) electrons. The van der Waals surface area contributed by atoms with E-state index in [1.165, 1.54) is 35.3 Å². The largest absolute Gasteiger partial charge is 0.348 e. The number of hydrogen-bond donors (Lipinski definition) is 2. The van der Waals surface area contributed by atoms with Gasteiger partial charge >= 0.3 is 0 Å². The van der Waals surface area contributed by atoms with Crippen molar-refractivity contribution in [3.8, 4) is 0 Å². The van der Waals surface area contributed by atoms with Gasteiger partial charge in [-0.2, -0.15) is 0 Å². The molecule has 3 nitrogen and oxygen atoms in total. The number of quaternary nitrogens is 1. The highest BCUT2D eigenvalue weighted by atomic mass is 32.1. The van der Waals surface area contributed by atoms with Gasteiger partial charge < -0.3 is 10.6 Å². The first-order chi connectivity index (χ1) is 12.1. The Morgan fingerprint density at radius 2 is 1.88 bits per heavy atom. The minimum absolute atomic E-state index is 0.102. The van der Waals surface area contributed by atoms with Gasteiger partial charge in [-0.25, -0.2) is 0 Å². The van der Waals surface area contributed by atoms with Crippen molar-refractivity contribution in [3.63, 3.8) is 0 Å². The van der Waals surface area contributed by atoms with E-state index in [0.29, 0.717) is 6.04 Å². The molecule has 134 valence electrons. The number of benzene rings is 1. The summed E-state index contributed by atoms with van der Waals surface area (Å²) < 4.78 is 0. The van der Waals surface area contributed by atoms with Gasteiger partial charge in [-0.15, -0.1) is 11.3 Å². The molecule has 4 heteroatoms. The van der Waals surface area contributed by atoms with E-state index in [9.17, 15) is 4.79 Å². The van der Waals surface area contributed by atoms with Gasteiger partial charge in [0.1, 0.15) is 6.04 Å². The smallest absolute Gasteiger partial charge is 0.278 e. The maximum atomic E-state index is 12.7. The van der Waals surface area contributed by atoms with Crippen LogP contribution in [0.3, 0.4) is 0 Å². The molecular weight excluding hydrogens is 328 g/mol. The van der Waals surface area contributed by atoms with Gasteiger partial charge in [0.15, 0.2) is 6.04 Å². The summed E-state index contributed by atoms with van der Waals surface area (Å²) in [6, 6.07) is 13.4. The van der Waals surface area contributed by atoms with Crippen molar-refractivity contribution in [2.75, 3.05) is 0 Å².